The maximum atomic E-state index is 10.9. The lowest BCUT2D eigenvalue weighted by Crippen LogP contribution is -2.17. The van der Waals surface area contributed by atoms with Crippen molar-refractivity contribution >= 4 is 28.5 Å². The number of aromatic nitrogens is 2. The van der Waals surface area contributed by atoms with Crippen LogP contribution >= 0.6 is 11.3 Å². The van der Waals surface area contributed by atoms with Gasteiger partial charge in [0.1, 0.15) is 10.7 Å². The lowest BCUT2D eigenvalue weighted by atomic mass is 10.3. The van der Waals surface area contributed by atoms with Crippen molar-refractivity contribution in [2.45, 2.75) is 13.0 Å². The molecule has 0 aliphatic heterocycles. The minimum absolute atomic E-state index is 0.171. The van der Waals surface area contributed by atoms with Crippen LogP contribution in [0.25, 0.3) is 4.83 Å². The summed E-state index contributed by atoms with van der Waals surface area (Å²) < 4.78 is 1.84. The molecular weight excluding hydrogens is 228 g/mol. The van der Waals surface area contributed by atoms with Gasteiger partial charge in [-0.05, 0) is 0 Å². The fourth-order valence-electron chi connectivity index (χ4n) is 1.50. The number of hydrogen-bond acceptors (Lipinski definition) is 4. The lowest BCUT2D eigenvalue weighted by molar-refractivity contribution is -0.117. The van der Waals surface area contributed by atoms with Gasteiger partial charge in [0.05, 0.1) is 19.2 Å². The molecule has 0 aliphatic carbocycles. The molecule has 0 spiro atoms. The molecule has 16 heavy (non-hydrogen) atoms. The van der Waals surface area contributed by atoms with Gasteiger partial charge in [0.25, 0.3) is 0 Å². The van der Waals surface area contributed by atoms with Gasteiger partial charge in [0.15, 0.2) is 0 Å². The van der Waals surface area contributed by atoms with Crippen LogP contribution in [-0.4, -0.2) is 21.7 Å². The van der Waals surface area contributed by atoms with E-state index in [2.05, 4.69) is 10.3 Å². The fourth-order valence-corrected chi connectivity index (χ4v) is 2.39. The second-order valence-electron chi connectivity index (χ2n) is 3.22. The average Bonchev–Trinajstić information content (AvgIpc) is 2.78. The molecule has 0 radical (unpaired) electrons. The first-order valence-electron chi connectivity index (χ1n) is 4.60. The van der Waals surface area contributed by atoms with E-state index in [4.69, 9.17) is 5.73 Å². The van der Waals surface area contributed by atoms with E-state index in [-0.39, 0.29) is 12.3 Å². The van der Waals surface area contributed by atoms with Crippen molar-refractivity contribution in [3.63, 3.8) is 0 Å². The smallest absolute Gasteiger partial charge is 0.223 e. The van der Waals surface area contributed by atoms with Crippen LogP contribution in [-0.2, 0) is 22.6 Å². The molecule has 3 N–H and O–H groups in total. The van der Waals surface area contributed by atoms with Gasteiger partial charge >= 0.3 is 0 Å². The number of rotatable bonds is 5. The molecule has 0 saturated carbocycles. The largest absolute Gasteiger partial charge is 0.369 e. The zero-order valence-corrected chi connectivity index (χ0v) is 9.16. The SMILES string of the molecule is NC(=O)Cc1csc2cnc(CNC=O)n12. The molecule has 2 rings (SSSR count). The monoisotopic (exact) mass is 238 g/mol. The summed E-state index contributed by atoms with van der Waals surface area (Å²) in [5.74, 6) is 0.308. The van der Waals surface area contributed by atoms with Crippen molar-refractivity contribution in [1.29, 1.82) is 0 Å². The molecule has 7 heteroatoms. The standard InChI is InChI=1S/C9H10N4O2S/c10-7(15)1-6-4-16-9-3-12-8(13(6)9)2-11-5-14/h3-5H,1-2H2,(H2,10,15)(H,11,14). The highest BCUT2D eigenvalue weighted by molar-refractivity contribution is 7.15. The summed E-state index contributed by atoms with van der Waals surface area (Å²) in [5, 5.41) is 4.40. The average molecular weight is 238 g/mol. The van der Waals surface area contributed by atoms with Crippen LogP contribution in [0.1, 0.15) is 11.5 Å². The predicted octanol–water partition coefficient (Wildman–Crippen LogP) is -0.330. The first-order valence-corrected chi connectivity index (χ1v) is 5.48. The summed E-state index contributed by atoms with van der Waals surface area (Å²) in [4.78, 5) is 26.2. The molecule has 0 aliphatic rings. The van der Waals surface area contributed by atoms with Gasteiger partial charge in [-0.25, -0.2) is 4.98 Å². The second kappa shape index (κ2) is 4.31. The molecule has 2 heterocycles. The number of imidazole rings is 1. The van der Waals surface area contributed by atoms with E-state index in [1.807, 2.05) is 9.78 Å². The van der Waals surface area contributed by atoms with Gasteiger partial charge in [-0.15, -0.1) is 11.3 Å². The predicted molar refractivity (Wildman–Crippen MR) is 58.9 cm³/mol. The summed E-state index contributed by atoms with van der Waals surface area (Å²) >= 11 is 1.49. The van der Waals surface area contributed by atoms with Crippen molar-refractivity contribution in [2.75, 3.05) is 0 Å². The van der Waals surface area contributed by atoms with E-state index < -0.39 is 0 Å². The number of amides is 2. The maximum absolute atomic E-state index is 10.9. The van der Waals surface area contributed by atoms with Gasteiger partial charge in [-0.3, -0.25) is 14.0 Å². The Bertz CT molecular complexity index is 531. The Labute approximate surface area is 95.1 Å². The third-order valence-corrected chi connectivity index (χ3v) is 3.02. The van der Waals surface area contributed by atoms with E-state index in [0.29, 0.717) is 18.8 Å². The number of hydrogen-bond donors (Lipinski definition) is 2. The van der Waals surface area contributed by atoms with Crippen LogP contribution in [0.5, 0.6) is 0 Å². The van der Waals surface area contributed by atoms with Crippen molar-refractivity contribution < 1.29 is 9.59 Å². The number of primary amides is 1. The van der Waals surface area contributed by atoms with Crippen molar-refractivity contribution in [3.8, 4) is 0 Å². The second-order valence-corrected chi connectivity index (χ2v) is 4.11. The first-order chi connectivity index (χ1) is 7.72. The van der Waals surface area contributed by atoms with Gasteiger partial charge in [0.2, 0.25) is 12.3 Å². The van der Waals surface area contributed by atoms with Crippen LogP contribution < -0.4 is 11.1 Å². The Morgan fingerprint density at radius 2 is 2.50 bits per heavy atom. The highest BCUT2D eigenvalue weighted by Crippen LogP contribution is 2.18. The van der Waals surface area contributed by atoms with Gasteiger partial charge in [0, 0.05) is 11.1 Å². The normalized spacial score (nSPS) is 10.5. The Hall–Kier alpha value is -1.89. The Morgan fingerprint density at radius 3 is 3.19 bits per heavy atom. The Morgan fingerprint density at radius 1 is 1.69 bits per heavy atom. The van der Waals surface area contributed by atoms with Crippen LogP contribution in [0.2, 0.25) is 0 Å². The number of nitrogens with zero attached hydrogens (tertiary/aromatic N) is 2. The molecule has 6 nitrogen and oxygen atoms in total. The molecule has 0 atom stereocenters. The number of nitrogens with two attached hydrogens (primary N) is 1. The summed E-state index contributed by atoms with van der Waals surface area (Å²) in [7, 11) is 0. The third kappa shape index (κ3) is 1.89. The summed E-state index contributed by atoms with van der Waals surface area (Å²) in [6, 6.07) is 0. The van der Waals surface area contributed by atoms with Crippen LogP contribution in [0.15, 0.2) is 11.6 Å². The number of nitrogens with one attached hydrogen (secondary N) is 1. The first kappa shape index (κ1) is 10.6. The summed E-state index contributed by atoms with van der Waals surface area (Å²) in [5.41, 5.74) is 5.95. The highest BCUT2D eigenvalue weighted by atomic mass is 32.1. The molecular formula is C9H10N4O2S. The topological polar surface area (TPSA) is 89.5 Å². The number of thiazole rings is 1. The quantitative estimate of drug-likeness (QED) is 0.699. The molecule has 84 valence electrons. The fraction of sp³-hybridized carbons (Fsp3) is 0.222. The molecule has 0 aromatic carbocycles. The number of carbonyl (C=O) groups is 2. The molecule has 0 fully saturated rings. The number of carbonyl (C=O) groups excluding carboxylic acids is 2. The maximum Gasteiger partial charge on any atom is 0.223 e. The lowest BCUT2D eigenvalue weighted by Gasteiger charge is -2.01. The Kier molecular flexibility index (Phi) is 2.86. The van der Waals surface area contributed by atoms with Crippen LogP contribution in [0.3, 0.4) is 0 Å². The van der Waals surface area contributed by atoms with Gasteiger partial charge in [-0.1, -0.05) is 0 Å². The molecule has 0 unspecified atom stereocenters. The van der Waals surface area contributed by atoms with Gasteiger partial charge < -0.3 is 11.1 Å². The molecule has 0 bridgehead atoms. The van der Waals surface area contributed by atoms with Crippen molar-refractivity contribution in [2.24, 2.45) is 5.73 Å². The minimum Gasteiger partial charge on any atom is -0.369 e. The molecule has 0 saturated heterocycles. The highest BCUT2D eigenvalue weighted by Gasteiger charge is 2.11. The van der Waals surface area contributed by atoms with Crippen LogP contribution in [0.4, 0.5) is 0 Å². The van der Waals surface area contributed by atoms with E-state index in [1.165, 1.54) is 11.3 Å². The zero-order valence-electron chi connectivity index (χ0n) is 8.34. The number of fused-ring (bicyclic) bond motifs is 1. The van der Waals surface area contributed by atoms with E-state index >= 15 is 0 Å². The Balaban J connectivity index is 2.38. The van der Waals surface area contributed by atoms with Crippen molar-refractivity contribution in [3.05, 3.63) is 23.1 Å². The van der Waals surface area contributed by atoms with Crippen LogP contribution in [0, 0.1) is 0 Å². The van der Waals surface area contributed by atoms with E-state index in [1.54, 1.807) is 6.20 Å². The zero-order chi connectivity index (χ0) is 11.5. The molecule has 2 amide bonds. The minimum atomic E-state index is -0.386. The molecule has 2 aromatic heterocycles. The molecule has 2 aromatic rings. The van der Waals surface area contributed by atoms with Gasteiger partial charge in [-0.2, -0.15) is 0 Å². The van der Waals surface area contributed by atoms with E-state index in [0.717, 1.165) is 10.5 Å². The van der Waals surface area contributed by atoms with E-state index in [9.17, 15) is 9.59 Å². The van der Waals surface area contributed by atoms with Crippen molar-refractivity contribution in [1.82, 2.24) is 14.7 Å². The third-order valence-electron chi connectivity index (χ3n) is 2.10. The summed E-state index contributed by atoms with van der Waals surface area (Å²) in [6.45, 7) is 0.333. The summed E-state index contributed by atoms with van der Waals surface area (Å²) in [6.07, 6.45) is 2.49.